The Morgan fingerprint density at radius 2 is 1.95 bits per heavy atom. The third kappa shape index (κ3) is 7.47. The van der Waals surface area contributed by atoms with Crippen molar-refractivity contribution in [1.82, 2.24) is 10.2 Å². The maximum Gasteiger partial charge on any atom is 0.237 e. The number of nitrogens with zero attached hydrogens (tertiary/aromatic N) is 1. The number of nitrogens with one attached hydrogen (secondary N) is 1. The lowest BCUT2D eigenvalue weighted by Crippen LogP contribution is -2.47. The minimum Gasteiger partial charge on any atom is -0.393 e. The molecular formula is C14H29N3OS. The van der Waals surface area contributed by atoms with Gasteiger partial charge >= 0.3 is 0 Å². The highest BCUT2D eigenvalue weighted by molar-refractivity contribution is 7.80. The smallest absolute Gasteiger partial charge is 0.237 e. The number of carbonyl (C=O) groups excluding carboxylic acids is 1. The summed E-state index contributed by atoms with van der Waals surface area (Å²) in [6.07, 6.45) is 3.37. The Hall–Kier alpha value is -0.680. The van der Waals surface area contributed by atoms with Gasteiger partial charge in [0, 0.05) is 19.0 Å². The summed E-state index contributed by atoms with van der Waals surface area (Å²) in [6.45, 7) is 10.4. The number of amides is 1. The molecule has 0 rings (SSSR count). The number of carbonyl (C=O) groups is 1. The molecule has 0 spiro atoms. The quantitative estimate of drug-likeness (QED) is 0.476. The van der Waals surface area contributed by atoms with Crippen LogP contribution in [0.2, 0.25) is 0 Å². The first-order valence-electron chi connectivity index (χ1n) is 7.25. The van der Waals surface area contributed by atoms with Crippen LogP contribution in [0.3, 0.4) is 0 Å². The molecule has 2 atom stereocenters. The van der Waals surface area contributed by atoms with Crippen molar-refractivity contribution < 1.29 is 4.79 Å². The van der Waals surface area contributed by atoms with Crippen LogP contribution < -0.4 is 11.1 Å². The van der Waals surface area contributed by atoms with E-state index in [-0.39, 0.29) is 17.9 Å². The normalized spacial score (nSPS) is 14.2. The van der Waals surface area contributed by atoms with Crippen molar-refractivity contribution in [3.63, 3.8) is 0 Å². The summed E-state index contributed by atoms with van der Waals surface area (Å²) in [7, 11) is 0. The standard InChI is InChI=1S/C14H29N3OS/c1-5-7-8-9-16-14(18)12(4)17(6-2)10-11(3)13(15)19/h11-12H,5-10H2,1-4H3,(H2,15,19)(H,16,18). The van der Waals surface area contributed by atoms with Gasteiger partial charge in [0.05, 0.1) is 11.0 Å². The van der Waals surface area contributed by atoms with Gasteiger partial charge in [-0.3, -0.25) is 9.69 Å². The number of unbranched alkanes of at least 4 members (excludes halogenated alkanes) is 2. The Morgan fingerprint density at radius 3 is 2.42 bits per heavy atom. The van der Waals surface area contributed by atoms with Gasteiger partial charge in [0.15, 0.2) is 0 Å². The maximum absolute atomic E-state index is 12.0. The van der Waals surface area contributed by atoms with Crippen LogP contribution in [-0.4, -0.2) is 41.5 Å². The summed E-state index contributed by atoms with van der Waals surface area (Å²) >= 11 is 4.99. The van der Waals surface area contributed by atoms with E-state index in [4.69, 9.17) is 18.0 Å². The van der Waals surface area contributed by atoms with E-state index in [0.29, 0.717) is 4.99 Å². The van der Waals surface area contributed by atoms with Crippen LogP contribution >= 0.6 is 12.2 Å². The number of thiocarbonyl (C=S) groups is 1. The Bertz CT molecular complexity index is 284. The summed E-state index contributed by atoms with van der Waals surface area (Å²) in [5.74, 6) is 0.221. The Balaban J connectivity index is 4.21. The zero-order valence-electron chi connectivity index (χ0n) is 12.7. The van der Waals surface area contributed by atoms with Crippen LogP contribution in [0.4, 0.5) is 0 Å². The second-order valence-corrected chi connectivity index (χ2v) is 5.54. The fourth-order valence-electron chi connectivity index (χ4n) is 1.90. The summed E-state index contributed by atoms with van der Waals surface area (Å²) in [4.78, 5) is 14.7. The molecule has 19 heavy (non-hydrogen) atoms. The molecule has 0 aromatic carbocycles. The lowest BCUT2D eigenvalue weighted by molar-refractivity contribution is -0.125. The first-order valence-corrected chi connectivity index (χ1v) is 7.65. The van der Waals surface area contributed by atoms with Crippen molar-refractivity contribution in [2.45, 2.75) is 53.0 Å². The maximum atomic E-state index is 12.0. The average molecular weight is 287 g/mol. The second kappa shape index (κ2) is 10.1. The van der Waals surface area contributed by atoms with Gasteiger partial charge in [0.2, 0.25) is 5.91 Å². The Morgan fingerprint density at radius 1 is 1.32 bits per heavy atom. The van der Waals surface area contributed by atoms with Crippen molar-refractivity contribution in [3.05, 3.63) is 0 Å². The molecule has 5 heteroatoms. The highest BCUT2D eigenvalue weighted by Gasteiger charge is 2.21. The molecule has 0 bridgehead atoms. The highest BCUT2D eigenvalue weighted by Crippen LogP contribution is 2.06. The molecule has 3 N–H and O–H groups in total. The Labute approximate surface area is 123 Å². The predicted octanol–water partition coefficient (Wildman–Crippen LogP) is 1.93. The van der Waals surface area contributed by atoms with Crippen LogP contribution in [-0.2, 0) is 4.79 Å². The second-order valence-electron chi connectivity index (χ2n) is 5.07. The van der Waals surface area contributed by atoms with Crippen molar-refractivity contribution in [2.75, 3.05) is 19.6 Å². The van der Waals surface area contributed by atoms with Gasteiger partial charge in [-0.15, -0.1) is 0 Å². The molecule has 0 heterocycles. The summed E-state index contributed by atoms with van der Waals surface area (Å²) in [5.41, 5.74) is 5.63. The minimum atomic E-state index is -0.136. The monoisotopic (exact) mass is 287 g/mol. The number of hydrogen-bond acceptors (Lipinski definition) is 3. The van der Waals surface area contributed by atoms with Crippen molar-refractivity contribution >= 4 is 23.1 Å². The third-order valence-corrected chi connectivity index (χ3v) is 3.81. The molecule has 1 amide bonds. The average Bonchev–Trinajstić information content (AvgIpc) is 2.39. The minimum absolute atomic E-state index is 0.0908. The van der Waals surface area contributed by atoms with E-state index in [9.17, 15) is 4.79 Å². The predicted molar refractivity (Wildman–Crippen MR) is 85.2 cm³/mol. The zero-order valence-corrected chi connectivity index (χ0v) is 13.6. The summed E-state index contributed by atoms with van der Waals surface area (Å²) in [5, 5.41) is 2.99. The molecular weight excluding hydrogens is 258 g/mol. The molecule has 0 saturated carbocycles. The molecule has 2 unspecified atom stereocenters. The molecule has 0 fully saturated rings. The van der Waals surface area contributed by atoms with Gasteiger partial charge in [0.1, 0.15) is 0 Å². The van der Waals surface area contributed by atoms with E-state index in [1.807, 2.05) is 20.8 Å². The topological polar surface area (TPSA) is 58.4 Å². The number of nitrogens with two attached hydrogens (primary N) is 1. The fourth-order valence-corrected chi connectivity index (χ4v) is 1.98. The number of hydrogen-bond donors (Lipinski definition) is 2. The highest BCUT2D eigenvalue weighted by atomic mass is 32.1. The third-order valence-electron chi connectivity index (χ3n) is 3.41. The SMILES string of the molecule is CCCCCNC(=O)C(C)N(CC)CC(C)C(N)=S. The van der Waals surface area contributed by atoms with E-state index in [1.165, 1.54) is 0 Å². The van der Waals surface area contributed by atoms with Crippen LogP contribution in [0.15, 0.2) is 0 Å². The molecule has 112 valence electrons. The van der Waals surface area contributed by atoms with Gasteiger partial charge in [-0.1, -0.05) is 45.8 Å². The van der Waals surface area contributed by atoms with Crippen molar-refractivity contribution in [2.24, 2.45) is 11.7 Å². The molecule has 0 aromatic heterocycles. The number of likely N-dealkylation sites (N-methyl/N-ethyl adjacent to an activating group) is 1. The molecule has 0 radical (unpaired) electrons. The molecule has 4 nitrogen and oxygen atoms in total. The Kier molecular flexibility index (Phi) is 9.79. The zero-order chi connectivity index (χ0) is 14.8. The fraction of sp³-hybridized carbons (Fsp3) is 0.857. The lowest BCUT2D eigenvalue weighted by atomic mass is 10.1. The molecule has 0 aliphatic carbocycles. The van der Waals surface area contributed by atoms with Crippen molar-refractivity contribution in [1.29, 1.82) is 0 Å². The molecule has 0 aliphatic rings. The van der Waals surface area contributed by atoms with E-state index in [0.717, 1.165) is 38.9 Å². The van der Waals surface area contributed by atoms with Crippen LogP contribution in [0, 0.1) is 5.92 Å². The molecule has 0 aliphatic heterocycles. The van der Waals surface area contributed by atoms with Gasteiger partial charge < -0.3 is 11.1 Å². The van der Waals surface area contributed by atoms with E-state index < -0.39 is 0 Å². The first kappa shape index (κ1) is 18.3. The number of rotatable bonds is 10. The van der Waals surface area contributed by atoms with Crippen LogP contribution in [0.1, 0.15) is 47.0 Å². The summed E-state index contributed by atoms with van der Waals surface area (Å²) < 4.78 is 0. The van der Waals surface area contributed by atoms with Gasteiger partial charge in [-0.25, -0.2) is 0 Å². The lowest BCUT2D eigenvalue weighted by Gasteiger charge is -2.29. The largest absolute Gasteiger partial charge is 0.393 e. The van der Waals surface area contributed by atoms with Gasteiger partial charge in [-0.05, 0) is 19.9 Å². The summed E-state index contributed by atoms with van der Waals surface area (Å²) in [6, 6.07) is -0.136. The first-order chi connectivity index (χ1) is 8.93. The van der Waals surface area contributed by atoms with E-state index >= 15 is 0 Å². The van der Waals surface area contributed by atoms with Gasteiger partial charge in [0.25, 0.3) is 0 Å². The van der Waals surface area contributed by atoms with E-state index in [2.05, 4.69) is 17.1 Å². The van der Waals surface area contributed by atoms with Crippen LogP contribution in [0.5, 0.6) is 0 Å². The van der Waals surface area contributed by atoms with Crippen LogP contribution in [0.25, 0.3) is 0 Å². The molecule has 0 aromatic rings. The van der Waals surface area contributed by atoms with E-state index in [1.54, 1.807) is 0 Å². The van der Waals surface area contributed by atoms with Gasteiger partial charge in [-0.2, -0.15) is 0 Å². The van der Waals surface area contributed by atoms with Crippen molar-refractivity contribution in [3.8, 4) is 0 Å². The molecule has 0 saturated heterocycles.